The topological polar surface area (TPSA) is 99.9 Å². The molecule has 0 fully saturated rings. The lowest BCUT2D eigenvalue weighted by Gasteiger charge is -2.17. The van der Waals surface area contributed by atoms with Gasteiger partial charge in [-0.05, 0) is 67.9 Å². The minimum absolute atomic E-state index is 0.165. The van der Waals surface area contributed by atoms with Gasteiger partial charge in [0.15, 0.2) is 0 Å². The van der Waals surface area contributed by atoms with Crippen molar-refractivity contribution in [2.24, 2.45) is 0 Å². The number of anilines is 1. The number of aromatic nitrogens is 1. The molecule has 0 aliphatic rings. The molecule has 4 rings (SSSR count). The molecule has 1 N–H and O–H groups in total. The third kappa shape index (κ3) is 7.83. The fourth-order valence-electron chi connectivity index (χ4n) is 4.10. The molecule has 0 aliphatic carbocycles. The smallest absolute Gasteiger partial charge is 0.335 e. The van der Waals surface area contributed by atoms with Gasteiger partial charge in [0, 0.05) is 34.7 Å². The van der Waals surface area contributed by atoms with Gasteiger partial charge in [-0.15, -0.1) is 0 Å². The van der Waals surface area contributed by atoms with Crippen molar-refractivity contribution in [3.05, 3.63) is 89.1 Å². The highest BCUT2D eigenvalue weighted by molar-refractivity contribution is 7.53. The normalized spacial score (nSPS) is 11.4. The summed E-state index contributed by atoms with van der Waals surface area (Å²) < 4.78 is 34.9. The van der Waals surface area contributed by atoms with Gasteiger partial charge in [0.1, 0.15) is 17.2 Å². The van der Waals surface area contributed by atoms with Gasteiger partial charge < -0.3 is 23.5 Å². The van der Waals surface area contributed by atoms with E-state index in [1.165, 1.54) is 0 Å². The summed E-state index contributed by atoms with van der Waals surface area (Å²) >= 11 is 6.08. The summed E-state index contributed by atoms with van der Waals surface area (Å²) in [5, 5.41) is 3.53. The Morgan fingerprint density at radius 1 is 0.925 bits per heavy atom. The summed E-state index contributed by atoms with van der Waals surface area (Å²) in [5.41, 5.74) is 3.72. The van der Waals surface area contributed by atoms with Crippen molar-refractivity contribution in [3.63, 3.8) is 0 Å². The Morgan fingerprint density at radius 3 is 2.15 bits per heavy atom. The van der Waals surface area contributed by atoms with Crippen LogP contribution in [0.1, 0.15) is 31.6 Å². The molecule has 1 aromatic heterocycles. The zero-order chi connectivity index (χ0) is 28.5. The standard InChI is InChI=1S/C30H32ClN2O6P/c1-4-37-40(35,38-5-2)20-21-6-14-25(15-7-21)32-28(34)19-18-27-29(22-8-12-24(31)13-9-22)33-30(39-27)23-10-16-26(36-3)17-11-23/h6-17H,4-5,18-20H2,1-3H3,(H,32,34). The maximum absolute atomic E-state index is 12.8. The van der Waals surface area contributed by atoms with E-state index in [0.29, 0.717) is 47.7 Å². The molecule has 0 spiro atoms. The lowest BCUT2D eigenvalue weighted by molar-refractivity contribution is -0.116. The van der Waals surface area contributed by atoms with Crippen LogP contribution in [-0.4, -0.2) is 31.2 Å². The number of benzene rings is 3. The number of carbonyl (C=O) groups is 1. The third-order valence-corrected chi connectivity index (χ3v) is 8.30. The number of hydrogen-bond donors (Lipinski definition) is 1. The van der Waals surface area contributed by atoms with Crippen LogP contribution in [0.4, 0.5) is 5.69 Å². The highest BCUT2D eigenvalue weighted by atomic mass is 35.5. The van der Waals surface area contributed by atoms with Crippen LogP contribution in [-0.2, 0) is 31.0 Å². The van der Waals surface area contributed by atoms with Gasteiger partial charge in [0.2, 0.25) is 11.8 Å². The van der Waals surface area contributed by atoms with Crippen molar-refractivity contribution in [1.29, 1.82) is 0 Å². The second-order valence-corrected chi connectivity index (χ2v) is 11.4. The van der Waals surface area contributed by atoms with Gasteiger partial charge in [0.05, 0.1) is 26.5 Å². The monoisotopic (exact) mass is 582 g/mol. The van der Waals surface area contributed by atoms with Gasteiger partial charge in [0.25, 0.3) is 0 Å². The minimum Gasteiger partial charge on any atom is -0.497 e. The summed E-state index contributed by atoms with van der Waals surface area (Å²) in [5.74, 6) is 1.61. The molecule has 0 unspecified atom stereocenters. The van der Waals surface area contributed by atoms with Crippen molar-refractivity contribution in [1.82, 2.24) is 4.98 Å². The van der Waals surface area contributed by atoms with Crippen molar-refractivity contribution in [2.75, 3.05) is 25.6 Å². The van der Waals surface area contributed by atoms with Crippen molar-refractivity contribution < 1.29 is 27.6 Å². The van der Waals surface area contributed by atoms with E-state index in [9.17, 15) is 9.36 Å². The molecule has 0 atom stereocenters. The third-order valence-electron chi connectivity index (χ3n) is 6.00. The first-order chi connectivity index (χ1) is 19.3. The SMILES string of the molecule is CCOP(=O)(Cc1ccc(NC(=O)CCc2oc(-c3ccc(OC)cc3)nc2-c2ccc(Cl)cc2)cc1)OCC. The molecule has 1 amide bonds. The average Bonchev–Trinajstić information content (AvgIpc) is 3.38. The zero-order valence-corrected chi connectivity index (χ0v) is 24.3. The Hall–Kier alpha value is -3.42. The number of carbonyl (C=O) groups excluding carboxylic acids is 1. The Morgan fingerprint density at radius 2 is 1.55 bits per heavy atom. The van der Waals surface area contributed by atoms with Crippen LogP contribution in [0.5, 0.6) is 5.75 Å². The first-order valence-corrected chi connectivity index (χ1v) is 15.1. The van der Waals surface area contributed by atoms with E-state index in [4.69, 9.17) is 34.8 Å². The summed E-state index contributed by atoms with van der Waals surface area (Å²) in [4.78, 5) is 17.6. The molecule has 10 heteroatoms. The summed E-state index contributed by atoms with van der Waals surface area (Å²) in [7, 11) is -1.59. The second kappa shape index (κ2) is 13.8. The molecule has 8 nitrogen and oxygen atoms in total. The molecule has 0 radical (unpaired) electrons. The molecule has 0 saturated heterocycles. The largest absolute Gasteiger partial charge is 0.497 e. The van der Waals surface area contributed by atoms with Gasteiger partial charge in [-0.25, -0.2) is 4.98 Å². The van der Waals surface area contributed by atoms with Crippen LogP contribution < -0.4 is 10.1 Å². The zero-order valence-electron chi connectivity index (χ0n) is 22.7. The second-order valence-electron chi connectivity index (χ2n) is 8.88. The number of oxazole rings is 1. The molecule has 210 valence electrons. The lowest BCUT2D eigenvalue weighted by Crippen LogP contribution is -2.12. The van der Waals surface area contributed by atoms with E-state index in [-0.39, 0.29) is 18.5 Å². The predicted molar refractivity (Wildman–Crippen MR) is 157 cm³/mol. The van der Waals surface area contributed by atoms with E-state index >= 15 is 0 Å². The Labute approximate surface area is 239 Å². The molecular weight excluding hydrogens is 551 g/mol. The number of aryl methyl sites for hydroxylation is 1. The quantitative estimate of drug-likeness (QED) is 0.159. The maximum atomic E-state index is 12.8. The van der Waals surface area contributed by atoms with E-state index in [2.05, 4.69) is 5.32 Å². The molecule has 3 aromatic carbocycles. The maximum Gasteiger partial charge on any atom is 0.335 e. The summed E-state index contributed by atoms with van der Waals surface area (Å²) in [6.45, 7) is 4.17. The van der Waals surface area contributed by atoms with E-state index in [0.717, 1.165) is 22.4 Å². The number of nitrogens with zero attached hydrogens (tertiary/aromatic N) is 1. The number of halogens is 1. The highest BCUT2D eigenvalue weighted by Gasteiger charge is 2.24. The Kier molecular flexibility index (Phi) is 10.2. The average molecular weight is 583 g/mol. The molecule has 1 heterocycles. The van der Waals surface area contributed by atoms with Crippen molar-refractivity contribution in [3.8, 4) is 28.5 Å². The lowest BCUT2D eigenvalue weighted by atomic mass is 10.1. The van der Waals surface area contributed by atoms with E-state index in [1.807, 2.05) is 36.4 Å². The number of ether oxygens (including phenoxy) is 1. The van der Waals surface area contributed by atoms with Gasteiger partial charge in [-0.1, -0.05) is 35.9 Å². The van der Waals surface area contributed by atoms with Gasteiger partial charge in [-0.2, -0.15) is 0 Å². The number of rotatable bonds is 13. The molecule has 0 bridgehead atoms. The van der Waals surface area contributed by atoms with Crippen molar-refractivity contribution >= 4 is 30.8 Å². The number of hydrogen-bond acceptors (Lipinski definition) is 7. The number of nitrogens with one attached hydrogen (secondary N) is 1. The van der Waals surface area contributed by atoms with Crippen molar-refractivity contribution in [2.45, 2.75) is 32.9 Å². The summed E-state index contributed by atoms with van der Waals surface area (Å²) in [6, 6.07) is 21.9. The Bertz CT molecular complexity index is 1440. The first-order valence-electron chi connectivity index (χ1n) is 13.0. The van der Waals surface area contributed by atoms with Crippen LogP contribution in [0, 0.1) is 0 Å². The van der Waals surface area contributed by atoms with Gasteiger partial charge >= 0.3 is 7.60 Å². The Balaban J connectivity index is 1.45. The molecule has 0 saturated carbocycles. The van der Waals surface area contributed by atoms with Crippen LogP contribution >= 0.6 is 19.2 Å². The molecule has 0 aliphatic heterocycles. The number of amides is 1. The van der Waals surface area contributed by atoms with E-state index < -0.39 is 7.60 Å². The fraction of sp³-hybridized carbons (Fsp3) is 0.267. The van der Waals surface area contributed by atoms with Gasteiger partial charge in [-0.3, -0.25) is 9.36 Å². The van der Waals surface area contributed by atoms with Crippen LogP contribution in [0.25, 0.3) is 22.7 Å². The molecular formula is C30H32ClN2O6P. The molecule has 4 aromatic rings. The van der Waals surface area contributed by atoms with Crippen LogP contribution in [0.2, 0.25) is 5.02 Å². The van der Waals surface area contributed by atoms with Crippen LogP contribution in [0.15, 0.2) is 77.2 Å². The highest BCUT2D eigenvalue weighted by Crippen LogP contribution is 2.51. The molecule has 40 heavy (non-hydrogen) atoms. The van der Waals surface area contributed by atoms with E-state index in [1.54, 1.807) is 57.4 Å². The summed E-state index contributed by atoms with van der Waals surface area (Å²) in [6.07, 6.45) is 0.693. The minimum atomic E-state index is -3.20. The van der Waals surface area contributed by atoms with Crippen LogP contribution in [0.3, 0.4) is 0 Å². The number of methoxy groups -OCH3 is 1. The predicted octanol–water partition coefficient (Wildman–Crippen LogP) is 8.01. The fourth-order valence-corrected chi connectivity index (χ4v) is 5.93. The first kappa shape index (κ1) is 29.6.